The van der Waals surface area contributed by atoms with Gasteiger partial charge < -0.3 is 5.32 Å². The average Bonchev–Trinajstić information content (AvgIpc) is 2.38. The van der Waals surface area contributed by atoms with E-state index in [9.17, 15) is 0 Å². The Kier molecular flexibility index (Phi) is 4.11. The van der Waals surface area contributed by atoms with E-state index in [1.165, 1.54) is 22.3 Å². The van der Waals surface area contributed by atoms with Gasteiger partial charge in [-0.15, -0.1) is 0 Å². The fourth-order valence-corrected chi connectivity index (χ4v) is 2.06. The second-order valence-electron chi connectivity index (χ2n) is 4.82. The summed E-state index contributed by atoms with van der Waals surface area (Å²) in [5.74, 6) is 0. The molecule has 0 radical (unpaired) electrons. The van der Waals surface area contributed by atoms with Gasteiger partial charge >= 0.3 is 0 Å². The molecular weight excluding hydrogens is 220 g/mol. The fourth-order valence-electron chi connectivity index (χ4n) is 2.06. The number of nitrogens with zero attached hydrogens (tertiary/aromatic N) is 1. The molecule has 0 amide bonds. The summed E-state index contributed by atoms with van der Waals surface area (Å²) in [4.78, 5) is 4.15. The summed E-state index contributed by atoms with van der Waals surface area (Å²) >= 11 is 0. The van der Waals surface area contributed by atoms with Crippen molar-refractivity contribution in [1.29, 1.82) is 0 Å². The molecule has 0 aliphatic heterocycles. The summed E-state index contributed by atoms with van der Waals surface area (Å²) in [5.41, 5.74) is 5.25. The predicted molar refractivity (Wildman–Crippen MR) is 75.4 cm³/mol. The maximum Gasteiger partial charge on any atom is 0.0315 e. The molecule has 2 nitrogen and oxygen atoms in total. The molecule has 0 aliphatic carbocycles. The SMILES string of the molecule is Cc1ccc(CN[C@H](C)c2cccnc2)c(C)c1. The molecule has 1 atom stereocenters. The van der Waals surface area contributed by atoms with Crippen molar-refractivity contribution < 1.29 is 0 Å². The van der Waals surface area contributed by atoms with Crippen molar-refractivity contribution in [3.8, 4) is 0 Å². The Morgan fingerprint density at radius 2 is 2.06 bits per heavy atom. The largest absolute Gasteiger partial charge is 0.306 e. The highest BCUT2D eigenvalue weighted by Gasteiger charge is 2.05. The van der Waals surface area contributed by atoms with Crippen molar-refractivity contribution >= 4 is 0 Å². The zero-order valence-corrected chi connectivity index (χ0v) is 11.3. The first-order valence-corrected chi connectivity index (χ1v) is 6.36. The molecule has 0 fully saturated rings. The van der Waals surface area contributed by atoms with E-state index in [1.54, 1.807) is 6.20 Å². The van der Waals surface area contributed by atoms with Crippen molar-refractivity contribution in [2.45, 2.75) is 33.4 Å². The lowest BCUT2D eigenvalue weighted by molar-refractivity contribution is 0.572. The van der Waals surface area contributed by atoms with E-state index < -0.39 is 0 Å². The Balaban J connectivity index is 1.99. The highest BCUT2D eigenvalue weighted by atomic mass is 14.9. The van der Waals surface area contributed by atoms with Crippen molar-refractivity contribution in [2.75, 3.05) is 0 Å². The number of aromatic nitrogens is 1. The van der Waals surface area contributed by atoms with Gasteiger partial charge in [0.2, 0.25) is 0 Å². The third-order valence-corrected chi connectivity index (χ3v) is 3.28. The molecule has 0 spiro atoms. The van der Waals surface area contributed by atoms with Crippen LogP contribution in [0.3, 0.4) is 0 Å². The van der Waals surface area contributed by atoms with Crippen LogP contribution in [0.25, 0.3) is 0 Å². The number of hydrogen-bond acceptors (Lipinski definition) is 2. The molecule has 1 aromatic heterocycles. The van der Waals surface area contributed by atoms with E-state index in [0.717, 1.165) is 6.54 Å². The van der Waals surface area contributed by atoms with Crippen molar-refractivity contribution in [2.24, 2.45) is 0 Å². The van der Waals surface area contributed by atoms with Gasteiger partial charge in [-0.25, -0.2) is 0 Å². The second kappa shape index (κ2) is 5.78. The molecule has 2 rings (SSSR count). The van der Waals surface area contributed by atoms with Gasteiger partial charge in [-0.1, -0.05) is 29.8 Å². The monoisotopic (exact) mass is 240 g/mol. The highest BCUT2D eigenvalue weighted by molar-refractivity contribution is 5.30. The first kappa shape index (κ1) is 12.8. The van der Waals surface area contributed by atoms with Crippen LogP contribution < -0.4 is 5.32 Å². The molecule has 2 heteroatoms. The zero-order valence-electron chi connectivity index (χ0n) is 11.3. The van der Waals surface area contributed by atoms with Gasteiger partial charge in [-0.2, -0.15) is 0 Å². The molecule has 0 aliphatic rings. The van der Waals surface area contributed by atoms with Gasteiger partial charge in [0.1, 0.15) is 0 Å². The summed E-state index contributed by atoms with van der Waals surface area (Å²) in [6.45, 7) is 7.35. The summed E-state index contributed by atoms with van der Waals surface area (Å²) in [6, 6.07) is 11.0. The van der Waals surface area contributed by atoms with Crippen LogP contribution in [-0.4, -0.2) is 4.98 Å². The third kappa shape index (κ3) is 3.17. The van der Waals surface area contributed by atoms with Crippen LogP contribution in [0.5, 0.6) is 0 Å². The molecule has 0 bridgehead atoms. The van der Waals surface area contributed by atoms with Gasteiger partial charge in [-0.3, -0.25) is 4.98 Å². The number of rotatable bonds is 4. The summed E-state index contributed by atoms with van der Waals surface area (Å²) in [6.07, 6.45) is 3.72. The highest BCUT2D eigenvalue weighted by Crippen LogP contribution is 2.14. The van der Waals surface area contributed by atoms with Crippen molar-refractivity contribution in [3.63, 3.8) is 0 Å². The number of pyridine rings is 1. The third-order valence-electron chi connectivity index (χ3n) is 3.28. The van der Waals surface area contributed by atoms with Crippen LogP contribution in [0.15, 0.2) is 42.7 Å². The minimum absolute atomic E-state index is 0.319. The van der Waals surface area contributed by atoms with Crippen LogP contribution in [0.2, 0.25) is 0 Å². The predicted octanol–water partition coefficient (Wildman–Crippen LogP) is 3.55. The normalized spacial score (nSPS) is 12.4. The number of aryl methyl sites for hydroxylation is 2. The molecule has 2 aromatic rings. The van der Waals surface area contributed by atoms with Gasteiger partial charge in [0, 0.05) is 25.0 Å². The molecule has 1 heterocycles. The molecule has 18 heavy (non-hydrogen) atoms. The summed E-state index contributed by atoms with van der Waals surface area (Å²) < 4.78 is 0. The minimum Gasteiger partial charge on any atom is -0.306 e. The standard InChI is InChI=1S/C16H20N2/c1-12-6-7-15(13(2)9-12)11-18-14(3)16-5-4-8-17-10-16/h4-10,14,18H,11H2,1-3H3/t14-/m1/s1. The quantitative estimate of drug-likeness (QED) is 0.884. The van der Waals surface area contributed by atoms with E-state index >= 15 is 0 Å². The van der Waals surface area contributed by atoms with E-state index in [4.69, 9.17) is 0 Å². The minimum atomic E-state index is 0.319. The van der Waals surface area contributed by atoms with Crippen LogP contribution in [-0.2, 0) is 6.54 Å². The van der Waals surface area contributed by atoms with E-state index in [-0.39, 0.29) is 0 Å². The second-order valence-corrected chi connectivity index (χ2v) is 4.82. The van der Waals surface area contributed by atoms with E-state index in [2.05, 4.69) is 55.3 Å². The lowest BCUT2D eigenvalue weighted by Gasteiger charge is -2.15. The van der Waals surface area contributed by atoms with Crippen LogP contribution in [0.4, 0.5) is 0 Å². The summed E-state index contributed by atoms with van der Waals surface area (Å²) in [5, 5.41) is 3.54. The smallest absolute Gasteiger partial charge is 0.0315 e. The lowest BCUT2D eigenvalue weighted by atomic mass is 10.0. The Labute approximate surface area is 109 Å². The van der Waals surface area contributed by atoms with Crippen molar-refractivity contribution in [1.82, 2.24) is 10.3 Å². The first-order valence-electron chi connectivity index (χ1n) is 6.36. The molecule has 0 saturated carbocycles. The number of hydrogen-bond donors (Lipinski definition) is 1. The topological polar surface area (TPSA) is 24.9 Å². The van der Waals surface area contributed by atoms with Crippen LogP contribution in [0.1, 0.15) is 35.2 Å². The molecule has 1 aromatic carbocycles. The van der Waals surface area contributed by atoms with Crippen LogP contribution in [0, 0.1) is 13.8 Å². The maximum atomic E-state index is 4.15. The first-order chi connectivity index (χ1) is 8.66. The van der Waals surface area contributed by atoms with E-state index in [0.29, 0.717) is 6.04 Å². The molecule has 94 valence electrons. The maximum absolute atomic E-state index is 4.15. The average molecular weight is 240 g/mol. The Morgan fingerprint density at radius 3 is 2.72 bits per heavy atom. The molecular formula is C16H20N2. The van der Waals surface area contributed by atoms with Crippen molar-refractivity contribution in [3.05, 3.63) is 65.0 Å². The Bertz CT molecular complexity index is 506. The van der Waals surface area contributed by atoms with Gasteiger partial charge in [0.25, 0.3) is 0 Å². The number of benzene rings is 1. The van der Waals surface area contributed by atoms with Gasteiger partial charge in [-0.05, 0) is 43.5 Å². The van der Waals surface area contributed by atoms with Gasteiger partial charge in [0.15, 0.2) is 0 Å². The fraction of sp³-hybridized carbons (Fsp3) is 0.312. The zero-order chi connectivity index (χ0) is 13.0. The Hall–Kier alpha value is -1.67. The van der Waals surface area contributed by atoms with Crippen LogP contribution >= 0.6 is 0 Å². The van der Waals surface area contributed by atoms with E-state index in [1.807, 2.05) is 12.3 Å². The Morgan fingerprint density at radius 1 is 1.22 bits per heavy atom. The molecule has 1 N–H and O–H groups in total. The van der Waals surface area contributed by atoms with Gasteiger partial charge in [0.05, 0.1) is 0 Å². The summed E-state index contributed by atoms with van der Waals surface area (Å²) in [7, 11) is 0. The molecule has 0 saturated heterocycles. The number of nitrogens with one attached hydrogen (secondary N) is 1. The lowest BCUT2D eigenvalue weighted by Crippen LogP contribution is -2.18. The molecule has 0 unspecified atom stereocenters.